The number of nitrogens with zero attached hydrogens (tertiary/aromatic N) is 1. The van der Waals surface area contributed by atoms with Gasteiger partial charge in [-0.05, 0) is 27.2 Å². The number of imide groups is 1. The first-order chi connectivity index (χ1) is 8.26. The molecule has 2 rings (SSSR count). The first-order valence-corrected chi connectivity index (χ1v) is 6.12. The number of nitrogens with one attached hydrogen (secondary N) is 1. The largest absolute Gasteiger partial charge is 0.480 e. The minimum absolute atomic E-state index is 0.0477. The van der Waals surface area contributed by atoms with Gasteiger partial charge in [0.15, 0.2) is 0 Å². The van der Waals surface area contributed by atoms with Crippen LogP contribution < -0.4 is 5.32 Å². The molecule has 0 spiro atoms. The van der Waals surface area contributed by atoms with Crippen molar-refractivity contribution >= 4 is 17.8 Å². The van der Waals surface area contributed by atoms with Crippen LogP contribution in [-0.2, 0) is 14.4 Å². The highest BCUT2D eigenvalue weighted by Gasteiger charge is 2.60. The van der Waals surface area contributed by atoms with E-state index in [1.165, 1.54) is 6.92 Å². The Bertz CT molecular complexity index is 400. The Morgan fingerprint density at radius 2 is 1.94 bits per heavy atom. The molecule has 18 heavy (non-hydrogen) atoms. The summed E-state index contributed by atoms with van der Waals surface area (Å²) in [5, 5.41) is 12.2. The van der Waals surface area contributed by atoms with Crippen LogP contribution in [0.3, 0.4) is 0 Å². The van der Waals surface area contributed by atoms with Gasteiger partial charge in [-0.15, -0.1) is 0 Å². The van der Waals surface area contributed by atoms with Crippen molar-refractivity contribution in [2.24, 2.45) is 11.8 Å². The quantitative estimate of drug-likeness (QED) is 0.665. The molecule has 3 unspecified atom stereocenters. The van der Waals surface area contributed by atoms with Crippen LogP contribution in [-0.4, -0.2) is 45.9 Å². The number of rotatable bonds is 5. The molecule has 1 aliphatic heterocycles. The maximum absolute atomic E-state index is 11.8. The Balaban J connectivity index is 2.12. The van der Waals surface area contributed by atoms with Crippen LogP contribution in [0.5, 0.6) is 0 Å². The summed E-state index contributed by atoms with van der Waals surface area (Å²) in [6.07, 6.45) is 0.634. The molecule has 0 aromatic heterocycles. The van der Waals surface area contributed by atoms with Crippen molar-refractivity contribution in [3.05, 3.63) is 0 Å². The van der Waals surface area contributed by atoms with Crippen LogP contribution in [0.4, 0.5) is 0 Å². The van der Waals surface area contributed by atoms with E-state index in [4.69, 9.17) is 0 Å². The predicted molar refractivity (Wildman–Crippen MR) is 62.6 cm³/mol. The summed E-state index contributed by atoms with van der Waals surface area (Å²) >= 11 is 0. The zero-order chi connectivity index (χ0) is 13.7. The predicted octanol–water partition coefficient (Wildman–Crippen LogP) is -0.167. The van der Waals surface area contributed by atoms with Gasteiger partial charge in [0.1, 0.15) is 5.54 Å². The molecule has 6 heteroatoms. The molecule has 0 bridgehead atoms. The van der Waals surface area contributed by atoms with Crippen LogP contribution >= 0.6 is 0 Å². The summed E-state index contributed by atoms with van der Waals surface area (Å²) in [5.41, 5.74) is -1.30. The number of piperidine rings is 1. The topological polar surface area (TPSA) is 86.7 Å². The smallest absolute Gasteiger partial charge is 0.325 e. The third kappa shape index (κ3) is 2.01. The van der Waals surface area contributed by atoms with Crippen molar-refractivity contribution in [1.29, 1.82) is 0 Å². The Morgan fingerprint density at radius 1 is 1.44 bits per heavy atom. The molecule has 0 aromatic carbocycles. The Labute approximate surface area is 105 Å². The third-order valence-corrected chi connectivity index (χ3v) is 3.51. The summed E-state index contributed by atoms with van der Waals surface area (Å²) in [6.45, 7) is 5.05. The maximum Gasteiger partial charge on any atom is 0.325 e. The molecular formula is C12H18N2O4. The molecule has 1 aliphatic carbocycles. The monoisotopic (exact) mass is 254 g/mol. The summed E-state index contributed by atoms with van der Waals surface area (Å²) < 4.78 is 0. The average Bonchev–Trinajstić information content (AvgIpc) is 2.98. The van der Waals surface area contributed by atoms with Crippen LogP contribution in [0.15, 0.2) is 0 Å². The van der Waals surface area contributed by atoms with Crippen LogP contribution in [0.25, 0.3) is 0 Å². The van der Waals surface area contributed by atoms with Crippen molar-refractivity contribution in [3.8, 4) is 0 Å². The van der Waals surface area contributed by atoms with Crippen LogP contribution in [0.2, 0.25) is 0 Å². The summed E-state index contributed by atoms with van der Waals surface area (Å²) in [6, 6.07) is -0.0477. The molecule has 0 aromatic rings. The Kier molecular flexibility index (Phi) is 2.93. The zero-order valence-electron chi connectivity index (χ0n) is 10.8. The average molecular weight is 254 g/mol. The van der Waals surface area contributed by atoms with Crippen molar-refractivity contribution in [2.45, 2.75) is 38.8 Å². The number of carboxylic acids is 1. The van der Waals surface area contributed by atoms with Gasteiger partial charge in [0.25, 0.3) is 0 Å². The number of amides is 2. The molecule has 3 atom stereocenters. The standard InChI is InChI=1S/C12H18N2O4/c1-6(2)13-12(3,11(17)18)5-14-9(15)7-4-8(7)10(14)16/h6-8,13H,4-5H2,1-3H3,(H,17,18). The van der Waals surface area contributed by atoms with Gasteiger partial charge in [-0.3, -0.25) is 24.6 Å². The minimum Gasteiger partial charge on any atom is -0.480 e. The second-order valence-electron chi connectivity index (χ2n) is 5.65. The van der Waals surface area contributed by atoms with Crippen LogP contribution in [0.1, 0.15) is 27.2 Å². The van der Waals surface area contributed by atoms with Gasteiger partial charge in [0.2, 0.25) is 11.8 Å². The van der Waals surface area contributed by atoms with E-state index >= 15 is 0 Å². The fourth-order valence-corrected chi connectivity index (χ4v) is 2.53. The SMILES string of the molecule is CC(C)NC(C)(CN1C(=O)C2CC2C1=O)C(=O)O. The Morgan fingerprint density at radius 3 is 2.33 bits per heavy atom. The molecule has 100 valence electrons. The van der Waals surface area contributed by atoms with Gasteiger partial charge in [0, 0.05) is 6.04 Å². The molecule has 1 saturated heterocycles. The number of fused-ring (bicyclic) bond motifs is 1. The molecule has 1 heterocycles. The third-order valence-electron chi connectivity index (χ3n) is 3.51. The molecule has 0 radical (unpaired) electrons. The molecule has 2 amide bonds. The van der Waals surface area contributed by atoms with E-state index in [-0.39, 0.29) is 36.2 Å². The zero-order valence-corrected chi connectivity index (χ0v) is 10.8. The lowest BCUT2D eigenvalue weighted by atomic mass is 10.0. The van der Waals surface area contributed by atoms with E-state index in [1.807, 2.05) is 13.8 Å². The van der Waals surface area contributed by atoms with Gasteiger partial charge >= 0.3 is 5.97 Å². The van der Waals surface area contributed by atoms with Gasteiger partial charge in [-0.25, -0.2) is 0 Å². The molecular weight excluding hydrogens is 236 g/mol. The number of carboxylic acid groups (broad SMARTS) is 1. The second-order valence-corrected chi connectivity index (χ2v) is 5.65. The molecule has 2 aliphatic rings. The fourth-order valence-electron chi connectivity index (χ4n) is 2.53. The highest BCUT2D eigenvalue weighted by atomic mass is 16.4. The number of carbonyl (C=O) groups is 3. The number of likely N-dealkylation sites (tertiary alicyclic amines) is 1. The lowest BCUT2D eigenvalue weighted by Crippen LogP contribution is -2.60. The van der Waals surface area contributed by atoms with E-state index in [0.717, 1.165) is 4.90 Å². The first kappa shape index (κ1) is 13.0. The maximum atomic E-state index is 11.8. The van der Waals surface area contributed by atoms with E-state index in [0.29, 0.717) is 6.42 Å². The number of hydrogen-bond acceptors (Lipinski definition) is 4. The number of aliphatic carboxylic acids is 1. The molecule has 2 fully saturated rings. The van der Waals surface area contributed by atoms with Crippen molar-refractivity contribution < 1.29 is 19.5 Å². The van der Waals surface area contributed by atoms with Crippen LogP contribution in [0, 0.1) is 11.8 Å². The highest BCUT2D eigenvalue weighted by Crippen LogP contribution is 2.47. The fraction of sp³-hybridized carbons (Fsp3) is 0.750. The van der Waals surface area contributed by atoms with Gasteiger partial charge in [-0.2, -0.15) is 0 Å². The van der Waals surface area contributed by atoms with Gasteiger partial charge in [-0.1, -0.05) is 0 Å². The molecule has 2 N–H and O–H groups in total. The van der Waals surface area contributed by atoms with Crippen molar-refractivity contribution in [1.82, 2.24) is 10.2 Å². The number of hydrogen-bond donors (Lipinski definition) is 2. The van der Waals surface area contributed by atoms with E-state index in [2.05, 4.69) is 5.32 Å². The van der Waals surface area contributed by atoms with E-state index in [9.17, 15) is 19.5 Å². The van der Waals surface area contributed by atoms with E-state index < -0.39 is 11.5 Å². The summed E-state index contributed by atoms with van der Waals surface area (Å²) in [4.78, 5) is 36.1. The lowest BCUT2D eigenvalue weighted by molar-refractivity contribution is -0.149. The molecule has 6 nitrogen and oxygen atoms in total. The normalized spacial score (nSPS) is 29.4. The second kappa shape index (κ2) is 4.05. The van der Waals surface area contributed by atoms with Gasteiger partial charge < -0.3 is 5.11 Å². The van der Waals surface area contributed by atoms with Crippen molar-refractivity contribution in [3.63, 3.8) is 0 Å². The molecule has 1 saturated carbocycles. The highest BCUT2D eigenvalue weighted by molar-refractivity contribution is 6.09. The number of carbonyl (C=O) groups excluding carboxylic acids is 2. The van der Waals surface area contributed by atoms with Crippen molar-refractivity contribution in [2.75, 3.05) is 6.54 Å². The summed E-state index contributed by atoms with van der Waals surface area (Å²) in [5.74, 6) is -1.87. The Hall–Kier alpha value is -1.43. The minimum atomic E-state index is -1.30. The first-order valence-electron chi connectivity index (χ1n) is 6.12. The lowest BCUT2D eigenvalue weighted by Gasteiger charge is -2.32. The van der Waals surface area contributed by atoms with Gasteiger partial charge in [0.05, 0.1) is 18.4 Å². The van der Waals surface area contributed by atoms with E-state index in [1.54, 1.807) is 0 Å². The summed E-state index contributed by atoms with van der Waals surface area (Å²) in [7, 11) is 0.